The first-order chi connectivity index (χ1) is 9.56. The maximum atomic E-state index is 11.6. The summed E-state index contributed by atoms with van der Waals surface area (Å²) in [4.78, 5) is 45.4. The van der Waals surface area contributed by atoms with Gasteiger partial charge in [0.2, 0.25) is 0 Å². The monoisotopic (exact) mass is 297 g/mol. The zero-order valence-corrected chi connectivity index (χ0v) is 10.9. The number of aromatic nitrogens is 4. The predicted octanol–water partition coefficient (Wildman–Crippen LogP) is -1.23. The van der Waals surface area contributed by atoms with Gasteiger partial charge in [0.25, 0.3) is 5.56 Å². The van der Waals surface area contributed by atoms with Crippen LogP contribution in [0.3, 0.4) is 0 Å². The molecule has 0 radical (unpaired) electrons. The van der Waals surface area contributed by atoms with Crippen LogP contribution < -0.4 is 16.6 Å². The molecule has 2 unspecified atom stereocenters. The van der Waals surface area contributed by atoms with Gasteiger partial charge in [-0.05, 0) is 0 Å². The number of carboxylic acids is 1. The number of hydrogen-bond donors (Lipinski definition) is 5. The number of carbonyl (C=O) groups is 1. The second-order valence-corrected chi connectivity index (χ2v) is 5.43. The lowest BCUT2D eigenvalue weighted by molar-refractivity contribution is -0.139. The second-order valence-electron chi connectivity index (χ2n) is 4.40. The molecule has 0 amide bonds. The van der Waals surface area contributed by atoms with Gasteiger partial charge in [0.05, 0.1) is 0 Å². The van der Waals surface area contributed by atoms with Crippen molar-refractivity contribution in [2.75, 3.05) is 11.6 Å². The van der Waals surface area contributed by atoms with Crippen molar-refractivity contribution in [3.05, 3.63) is 26.7 Å². The summed E-state index contributed by atoms with van der Waals surface area (Å²) in [5, 5.41) is 12.4. The lowest BCUT2D eigenvalue weighted by Crippen LogP contribution is -2.36. The van der Waals surface area contributed by atoms with E-state index in [-0.39, 0.29) is 23.0 Å². The van der Waals surface area contributed by atoms with E-state index in [1.54, 1.807) is 11.8 Å². The number of H-pyrrole nitrogens is 3. The Labute approximate surface area is 115 Å². The van der Waals surface area contributed by atoms with E-state index in [9.17, 15) is 19.5 Å². The summed E-state index contributed by atoms with van der Waals surface area (Å²) in [6.07, 6.45) is 0. The maximum Gasteiger partial charge on any atom is 0.327 e. The fraction of sp³-hybridized carbons (Fsp3) is 0.400. The molecule has 0 aliphatic carbocycles. The molecule has 0 saturated carbocycles. The molecule has 3 heterocycles. The number of hydrogen-bond acceptors (Lipinski definition) is 6. The summed E-state index contributed by atoms with van der Waals surface area (Å²) in [5.41, 5.74) is -1.18. The number of aliphatic carboxylic acids is 1. The molecule has 3 rings (SSSR count). The minimum atomic E-state index is -1.04. The van der Waals surface area contributed by atoms with Crippen molar-refractivity contribution < 1.29 is 9.90 Å². The van der Waals surface area contributed by atoms with Crippen LogP contribution in [-0.4, -0.2) is 48.7 Å². The molecule has 0 bridgehead atoms. The molecule has 9 nitrogen and oxygen atoms in total. The van der Waals surface area contributed by atoms with Gasteiger partial charge in [-0.3, -0.25) is 19.6 Å². The van der Waals surface area contributed by atoms with Crippen molar-refractivity contribution in [3.8, 4) is 0 Å². The van der Waals surface area contributed by atoms with Crippen molar-refractivity contribution in [1.29, 1.82) is 0 Å². The second kappa shape index (κ2) is 4.80. The van der Waals surface area contributed by atoms with E-state index in [0.717, 1.165) is 0 Å². The molecule has 1 aliphatic heterocycles. The summed E-state index contributed by atoms with van der Waals surface area (Å²) in [7, 11) is 0. The topological polar surface area (TPSA) is 144 Å². The minimum absolute atomic E-state index is 0.0608. The Morgan fingerprint density at radius 1 is 1.35 bits per heavy atom. The highest BCUT2D eigenvalue weighted by atomic mass is 32.2. The molecule has 0 spiro atoms. The van der Waals surface area contributed by atoms with Crippen molar-refractivity contribution >= 4 is 28.9 Å². The Kier molecular flexibility index (Phi) is 3.10. The van der Waals surface area contributed by atoms with Crippen LogP contribution in [0.1, 0.15) is 11.7 Å². The van der Waals surface area contributed by atoms with Crippen LogP contribution in [0.2, 0.25) is 0 Å². The van der Waals surface area contributed by atoms with Gasteiger partial charge in [0.1, 0.15) is 17.3 Å². The number of nitrogens with one attached hydrogen (secondary N) is 4. The van der Waals surface area contributed by atoms with Crippen molar-refractivity contribution in [1.82, 2.24) is 25.3 Å². The fourth-order valence-corrected chi connectivity index (χ4v) is 3.22. The van der Waals surface area contributed by atoms with Gasteiger partial charge < -0.3 is 15.4 Å². The zero-order valence-electron chi connectivity index (χ0n) is 10.1. The van der Waals surface area contributed by atoms with Crippen LogP contribution >= 0.6 is 11.8 Å². The summed E-state index contributed by atoms with van der Waals surface area (Å²) in [6.45, 7) is 0. The molecule has 10 heteroatoms. The molecule has 2 atom stereocenters. The first-order valence-corrected chi connectivity index (χ1v) is 6.98. The number of nitrogens with zero attached hydrogens (tertiary/aromatic N) is 1. The molecular formula is C10H11N5O4S. The average molecular weight is 297 g/mol. The predicted molar refractivity (Wildman–Crippen MR) is 72.0 cm³/mol. The lowest BCUT2D eigenvalue weighted by Gasteiger charge is -2.16. The highest BCUT2D eigenvalue weighted by molar-refractivity contribution is 7.99. The van der Waals surface area contributed by atoms with Gasteiger partial charge in [-0.1, -0.05) is 0 Å². The van der Waals surface area contributed by atoms with E-state index in [2.05, 4.69) is 25.3 Å². The van der Waals surface area contributed by atoms with E-state index >= 15 is 0 Å². The van der Waals surface area contributed by atoms with E-state index in [1.165, 1.54) is 0 Å². The Morgan fingerprint density at radius 3 is 2.80 bits per heavy atom. The fourth-order valence-electron chi connectivity index (χ4n) is 2.20. The minimum Gasteiger partial charge on any atom is -0.481 e. The van der Waals surface area contributed by atoms with E-state index in [4.69, 9.17) is 0 Å². The third-order valence-corrected chi connectivity index (χ3v) is 4.08. The van der Waals surface area contributed by atoms with Gasteiger partial charge >= 0.3 is 11.7 Å². The van der Waals surface area contributed by atoms with Gasteiger partial charge in [0.15, 0.2) is 5.65 Å². The van der Waals surface area contributed by atoms with E-state index in [1.807, 2.05) is 0 Å². The van der Waals surface area contributed by atoms with Gasteiger partial charge in [0, 0.05) is 17.7 Å². The van der Waals surface area contributed by atoms with E-state index in [0.29, 0.717) is 11.6 Å². The van der Waals surface area contributed by atoms with Crippen molar-refractivity contribution in [2.24, 2.45) is 0 Å². The number of fused-ring (bicyclic) bond motifs is 1. The quantitative estimate of drug-likeness (QED) is 0.477. The Hall–Kier alpha value is -2.07. The van der Waals surface area contributed by atoms with Crippen LogP contribution in [0.5, 0.6) is 0 Å². The molecule has 2 aromatic rings. The summed E-state index contributed by atoms with van der Waals surface area (Å²) >= 11 is 1.59. The van der Waals surface area contributed by atoms with Crippen LogP contribution in [0, 0.1) is 0 Å². The molecule has 106 valence electrons. The van der Waals surface area contributed by atoms with Gasteiger partial charge in [-0.15, -0.1) is 11.8 Å². The molecule has 20 heavy (non-hydrogen) atoms. The Morgan fingerprint density at radius 2 is 2.15 bits per heavy atom. The standard InChI is InChI=1S/C10H11N5O4S/c16-8-5-7(14-10(19)15-8)13-6(12-5)4(9(17)18)3-1-20-2-11-3/h3-4,11H,1-2H2,(H,17,18)(H3,12,13,14,15,16,19). The lowest BCUT2D eigenvalue weighted by atomic mass is 10.0. The summed E-state index contributed by atoms with van der Waals surface area (Å²) in [5.74, 6) is -0.476. The molecule has 5 N–H and O–H groups in total. The van der Waals surface area contributed by atoms with Crippen LogP contribution in [-0.2, 0) is 4.79 Å². The first kappa shape index (κ1) is 12.9. The highest BCUT2D eigenvalue weighted by Crippen LogP contribution is 2.25. The molecule has 1 saturated heterocycles. The van der Waals surface area contributed by atoms with Crippen molar-refractivity contribution in [2.45, 2.75) is 12.0 Å². The highest BCUT2D eigenvalue weighted by Gasteiger charge is 2.34. The maximum absolute atomic E-state index is 11.6. The Bertz CT molecular complexity index is 772. The number of aromatic amines is 3. The van der Waals surface area contributed by atoms with Gasteiger partial charge in [-0.2, -0.15) is 0 Å². The summed E-state index contributed by atoms with van der Waals surface area (Å²) < 4.78 is 0. The van der Waals surface area contributed by atoms with Gasteiger partial charge in [-0.25, -0.2) is 9.78 Å². The third kappa shape index (κ3) is 2.12. The van der Waals surface area contributed by atoms with E-state index < -0.39 is 23.1 Å². The summed E-state index contributed by atoms with van der Waals surface area (Å²) in [6, 6.07) is -0.274. The van der Waals surface area contributed by atoms with Crippen LogP contribution in [0.15, 0.2) is 9.59 Å². The third-order valence-electron chi connectivity index (χ3n) is 3.12. The first-order valence-electron chi connectivity index (χ1n) is 5.82. The molecule has 2 aromatic heterocycles. The largest absolute Gasteiger partial charge is 0.481 e. The van der Waals surface area contributed by atoms with Crippen LogP contribution in [0.25, 0.3) is 11.2 Å². The van der Waals surface area contributed by atoms with Crippen LogP contribution in [0.4, 0.5) is 0 Å². The Balaban J connectivity index is 2.11. The molecule has 1 fully saturated rings. The SMILES string of the molecule is O=C(O)C(c1nc2[nH]c(=O)[nH]c(=O)c2[nH]1)C1CSCN1. The van der Waals surface area contributed by atoms with Crippen molar-refractivity contribution in [3.63, 3.8) is 0 Å². The molecule has 1 aliphatic rings. The molecule has 0 aromatic carbocycles. The smallest absolute Gasteiger partial charge is 0.327 e. The zero-order chi connectivity index (χ0) is 14.3. The average Bonchev–Trinajstić information content (AvgIpc) is 2.98. The molecular weight excluding hydrogens is 286 g/mol. The number of imidazole rings is 1. The normalized spacial score (nSPS) is 20.3. The number of thioether (sulfide) groups is 1. The number of carboxylic acid groups (broad SMARTS) is 1. The number of rotatable bonds is 3.